The van der Waals surface area contributed by atoms with Crippen LogP contribution in [0.2, 0.25) is 0 Å². The van der Waals surface area contributed by atoms with E-state index in [0.29, 0.717) is 16.4 Å². The minimum absolute atomic E-state index is 0.144. The molecule has 0 aliphatic carbocycles. The van der Waals surface area contributed by atoms with E-state index < -0.39 is 5.97 Å². The molecule has 0 atom stereocenters. The van der Waals surface area contributed by atoms with Crippen molar-refractivity contribution in [1.29, 1.82) is 0 Å². The lowest BCUT2D eigenvalue weighted by atomic mass is 10.1. The SMILES string of the molecule is COC(=O)c1ccc(-n2nnnc2SCC(=O)Nc2cc(C)ccc2C)cc1. The van der Waals surface area contributed by atoms with Gasteiger partial charge in [0.1, 0.15) is 0 Å². The first-order valence-electron chi connectivity index (χ1n) is 8.45. The van der Waals surface area contributed by atoms with E-state index in [1.165, 1.54) is 23.6 Å². The van der Waals surface area contributed by atoms with Gasteiger partial charge in [-0.25, -0.2) is 4.79 Å². The van der Waals surface area contributed by atoms with Crippen LogP contribution in [0.25, 0.3) is 5.69 Å². The van der Waals surface area contributed by atoms with Gasteiger partial charge in [0.25, 0.3) is 0 Å². The minimum Gasteiger partial charge on any atom is -0.465 e. The monoisotopic (exact) mass is 397 g/mol. The number of hydrogen-bond acceptors (Lipinski definition) is 7. The maximum absolute atomic E-state index is 12.3. The van der Waals surface area contributed by atoms with Crippen molar-refractivity contribution in [2.24, 2.45) is 0 Å². The third-order valence-corrected chi connectivity index (χ3v) is 4.89. The van der Waals surface area contributed by atoms with E-state index >= 15 is 0 Å². The Morgan fingerprint density at radius 1 is 1.14 bits per heavy atom. The Hall–Kier alpha value is -3.20. The fourth-order valence-electron chi connectivity index (χ4n) is 2.47. The number of nitrogens with one attached hydrogen (secondary N) is 1. The number of esters is 1. The first kappa shape index (κ1) is 19.6. The number of carbonyl (C=O) groups is 2. The van der Waals surface area contributed by atoms with Crippen LogP contribution in [-0.4, -0.2) is 44.9 Å². The summed E-state index contributed by atoms with van der Waals surface area (Å²) in [6, 6.07) is 12.6. The number of rotatable bonds is 6. The van der Waals surface area contributed by atoms with E-state index in [0.717, 1.165) is 16.8 Å². The second-order valence-corrected chi connectivity index (χ2v) is 7.01. The molecule has 1 amide bonds. The molecular formula is C19H19N5O3S. The summed E-state index contributed by atoms with van der Waals surface area (Å²) in [7, 11) is 1.33. The number of carbonyl (C=O) groups excluding carboxylic acids is 2. The van der Waals surface area contributed by atoms with Gasteiger partial charge < -0.3 is 10.1 Å². The molecule has 28 heavy (non-hydrogen) atoms. The third kappa shape index (κ3) is 4.55. The molecule has 0 unspecified atom stereocenters. The van der Waals surface area contributed by atoms with Crippen molar-refractivity contribution < 1.29 is 14.3 Å². The summed E-state index contributed by atoms with van der Waals surface area (Å²) < 4.78 is 6.20. The quantitative estimate of drug-likeness (QED) is 0.504. The number of tetrazole rings is 1. The van der Waals surface area contributed by atoms with Crippen LogP contribution >= 0.6 is 11.8 Å². The van der Waals surface area contributed by atoms with Crippen molar-refractivity contribution in [3.05, 3.63) is 59.2 Å². The highest BCUT2D eigenvalue weighted by Crippen LogP contribution is 2.20. The Labute approximate surface area is 166 Å². The van der Waals surface area contributed by atoms with Gasteiger partial charge >= 0.3 is 5.97 Å². The maximum Gasteiger partial charge on any atom is 0.337 e. The molecule has 1 heterocycles. The number of aryl methyl sites for hydroxylation is 2. The highest BCUT2D eigenvalue weighted by atomic mass is 32.2. The smallest absolute Gasteiger partial charge is 0.337 e. The molecular weight excluding hydrogens is 378 g/mol. The van der Waals surface area contributed by atoms with Crippen molar-refractivity contribution in [1.82, 2.24) is 20.2 Å². The van der Waals surface area contributed by atoms with Gasteiger partial charge in [-0.3, -0.25) is 4.79 Å². The molecule has 3 rings (SSSR count). The molecule has 0 fully saturated rings. The van der Waals surface area contributed by atoms with E-state index in [1.807, 2.05) is 32.0 Å². The molecule has 0 aliphatic heterocycles. The van der Waals surface area contributed by atoms with Gasteiger partial charge in [-0.1, -0.05) is 23.9 Å². The van der Waals surface area contributed by atoms with Crippen molar-refractivity contribution in [2.75, 3.05) is 18.2 Å². The number of hydrogen-bond donors (Lipinski definition) is 1. The van der Waals surface area contributed by atoms with Gasteiger partial charge in [-0.2, -0.15) is 4.68 Å². The zero-order chi connectivity index (χ0) is 20.1. The molecule has 3 aromatic rings. The van der Waals surface area contributed by atoms with E-state index in [4.69, 9.17) is 0 Å². The summed E-state index contributed by atoms with van der Waals surface area (Å²) in [5.74, 6) is -0.399. The zero-order valence-corrected chi connectivity index (χ0v) is 16.5. The molecule has 0 aliphatic rings. The minimum atomic E-state index is -0.416. The first-order chi connectivity index (χ1) is 13.5. The normalized spacial score (nSPS) is 10.5. The standard InChI is InChI=1S/C19H19N5O3S/c1-12-4-5-13(2)16(10-12)20-17(25)11-28-19-21-22-23-24(19)15-8-6-14(7-9-15)18(26)27-3/h4-10H,11H2,1-3H3,(H,20,25). The summed E-state index contributed by atoms with van der Waals surface area (Å²) in [6.45, 7) is 3.92. The Morgan fingerprint density at radius 2 is 1.89 bits per heavy atom. The lowest BCUT2D eigenvalue weighted by Gasteiger charge is -2.09. The Balaban J connectivity index is 1.66. The van der Waals surface area contributed by atoms with Crippen molar-refractivity contribution in [2.45, 2.75) is 19.0 Å². The molecule has 8 nitrogen and oxygen atoms in total. The number of nitrogens with zero attached hydrogens (tertiary/aromatic N) is 4. The summed E-state index contributed by atoms with van der Waals surface area (Å²) in [5.41, 5.74) is 3.98. The zero-order valence-electron chi connectivity index (χ0n) is 15.7. The van der Waals surface area contributed by atoms with Crippen molar-refractivity contribution in [3.8, 4) is 5.69 Å². The molecule has 1 aromatic heterocycles. The third-order valence-electron chi connectivity index (χ3n) is 3.97. The fourth-order valence-corrected chi connectivity index (χ4v) is 3.17. The van der Waals surface area contributed by atoms with Crippen LogP contribution in [-0.2, 0) is 9.53 Å². The van der Waals surface area contributed by atoms with Crippen molar-refractivity contribution in [3.63, 3.8) is 0 Å². The predicted octanol–water partition coefficient (Wildman–Crippen LogP) is 2.80. The van der Waals surface area contributed by atoms with Crippen LogP contribution in [0.15, 0.2) is 47.6 Å². The highest BCUT2D eigenvalue weighted by Gasteiger charge is 2.13. The Kier molecular flexibility index (Phi) is 6.05. The molecule has 0 saturated heterocycles. The summed E-state index contributed by atoms with van der Waals surface area (Å²) in [4.78, 5) is 23.8. The molecule has 144 valence electrons. The van der Waals surface area contributed by atoms with Gasteiger partial charge in [0, 0.05) is 5.69 Å². The van der Waals surface area contributed by atoms with Crippen LogP contribution in [0.1, 0.15) is 21.5 Å². The largest absolute Gasteiger partial charge is 0.465 e. The molecule has 2 aromatic carbocycles. The molecule has 0 saturated carbocycles. The molecule has 0 radical (unpaired) electrons. The van der Waals surface area contributed by atoms with Gasteiger partial charge in [0.2, 0.25) is 11.1 Å². The van der Waals surface area contributed by atoms with Crippen LogP contribution in [0, 0.1) is 13.8 Å². The maximum atomic E-state index is 12.3. The summed E-state index contributed by atoms with van der Waals surface area (Å²) >= 11 is 1.22. The van der Waals surface area contributed by atoms with E-state index in [-0.39, 0.29) is 11.7 Å². The fraction of sp³-hybridized carbons (Fsp3) is 0.211. The van der Waals surface area contributed by atoms with E-state index in [9.17, 15) is 9.59 Å². The predicted molar refractivity (Wildman–Crippen MR) is 106 cm³/mol. The van der Waals surface area contributed by atoms with Gasteiger partial charge in [0.15, 0.2) is 0 Å². The number of thioether (sulfide) groups is 1. The van der Waals surface area contributed by atoms with Gasteiger partial charge in [-0.15, -0.1) is 5.10 Å². The van der Waals surface area contributed by atoms with Gasteiger partial charge in [0.05, 0.1) is 24.1 Å². The highest BCUT2D eigenvalue weighted by molar-refractivity contribution is 7.99. The second-order valence-electron chi connectivity index (χ2n) is 6.07. The summed E-state index contributed by atoms with van der Waals surface area (Å²) in [5, 5.41) is 15.0. The number of amides is 1. The Bertz CT molecular complexity index is 1000. The number of ether oxygens (including phenoxy) is 1. The lowest BCUT2D eigenvalue weighted by Crippen LogP contribution is -2.15. The molecule has 0 bridgehead atoms. The average Bonchev–Trinajstić information content (AvgIpc) is 3.17. The number of aromatic nitrogens is 4. The average molecular weight is 397 g/mol. The van der Waals surface area contributed by atoms with Crippen molar-refractivity contribution >= 4 is 29.3 Å². The van der Waals surface area contributed by atoms with Crippen LogP contribution in [0.4, 0.5) is 5.69 Å². The van der Waals surface area contributed by atoms with E-state index in [1.54, 1.807) is 24.3 Å². The molecule has 9 heteroatoms. The van der Waals surface area contributed by atoms with Crippen LogP contribution in [0.5, 0.6) is 0 Å². The molecule has 0 spiro atoms. The number of methoxy groups -OCH3 is 1. The van der Waals surface area contributed by atoms with Crippen LogP contribution in [0.3, 0.4) is 0 Å². The van der Waals surface area contributed by atoms with E-state index in [2.05, 4.69) is 25.6 Å². The number of benzene rings is 2. The first-order valence-corrected chi connectivity index (χ1v) is 9.43. The Morgan fingerprint density at radius 3 is 2.61 bits per heavy atom. The summed E-state index contributed by atoms with van der Waals surface area (Å²) in [6.07, 6.45) is 0. The number of anilines is 1. The van der Waals surface area contributed by atoms with Crippen LogP contribution < -0.4 is 5.32 Å². The second kappa shape index (κ2) is 8.66. The van der Waals surface area contributed by atoms with Gasteiger partial charge in [-0.05, 0) is 65.7 Å². The lowest BCUT2D eigenvalue weighted by molar-refractivity contribution is -0.113. The topological polar surface area (TPSA) is 99.0 Å². The molecule has 1 N–H and O–H groups in total.